The monoisotopic (exact) mass is 507 g/mol. The van der Waals surface area contributed by atoms with Crippen molar-refractivity contribution in [3.05, 3.63) is 57.1 Å². The van der Waals surface area contributed by atoms with E-state index in [9.17, 15) is 38.1 Å². The molecule has 1 aliphatic heterocycles. The number of benzene rings is 1. The number of fused-ring (bicyclic) bond motifs is 2. The molecule has 192 valence electrons. The van der Waals surface area contributed by atoms with E-state index < -0.39 is 75.2 Å². The van der Waals surface area contributed by atoms with Gasteiger partial charge >= 0.3 is 6.18 Å². The van der Waals surface area contributed by atoms with Crippen molar-refractivity contribution >= 4 is 17.4 Å². The van der Waals surface area contributed by atoms with E-state index in [4.69, 9.17) is 16.2 Å². The van der Waals surface area contributed by atoms with Crippen LogP contribution in [0.1, 0.15) is 27.9 Å². The fourth-order valence-electron chi connectivity index (χ4n) is 6.43. The van der Waals surface area contributed by atoms with Crippen molar-refractivity contribution in [1.29, 1.82) is 0 Å². The summed E-state index contributed by atoms with van der Waals surface area (Å²) in [5, 5.41) is 33.2. The highest BCUT2D eigenvalue weighted by Crippen LogP contribution is 2.59. The number of nitrogen functional groups attached to an aromatic ring is 1. The lowest BCUT2D eigenvalue weighted by Gasteiger charge is -2.52. The highest BCUT2D eigenvalue weighted by atomic mass is 19.4. The molecule has 0 unspecified atom stereocenters. The van der Waals surface area contributed by atoms with Gasteiger partial charge in [-0.05, 0) is 44.5 Å². The van der Waals surface area contributed by atoms with Crippen molar-refractivity contribution < 1.29 is 42.8 Å². The molecule has 1 heterocycles. The third-order valence-electron chi connectivity index (χ3n) is 7.73. The van der Waals surface area contributed by atoms with Gasteiger partial charge in [-0.3, -0.25) is 14.5 Å². The topological polar surface area (TPSA) is 159 Å². The molecule has 0 fully saturated rings. The Hall–Kier alpha value is -3.51. The van der Waals surface area contributed by atoms with E-state index in [1.54, 1.807) is 19.0 Å². The Morgan fingerprint density at radius 2 is 1.92 bits per heavy atom. The van der Waals surface area contributed by atoms with Crippen LogP contribution in [-0.2, 0) is 22.1 Å². The Morgan fingerprint density at radius 3 is 2.50 bits per heavy atom. The van der Waals surface area contributed by atoms with E-state index >= 15 is 0 Å². The Bertz CT molecular complexity index is 1330. The summed E-state index contributed by atoms with van der Waals surface area (Å²) in [4.78, 5) is 27.6. The number of nitrogens with two attached hydrogens (primary N) is 2. The zero-order valence-corrected chi connectivity index (χ0v) is 19.3. The van der Waals surface area contributed by atoms with Crippen LogP contribution >= 0.6 is 0 Å². The second-order valence-corrected chi connectivity index (χ2v) is 9.75. The van der Waals surface area contributed by atoms with Crippen LogP contribution in [0.2, 0.25) is 0 Å². The van der Waals surface area contributed by atoms with Gasteiger partial charge in [-0.2, -0.15) is 13.2 Å². The number of alkyl halides is 3. The molecule has 5 rings (SSSR count). The lowest BCUT2D eigenvalue weighted by molar-refractivity contribution is -0.138. The number of rotatable bonds is 2. The third kappa shape index (κ3) is 2.91. The lowest BCUT2D eigenvalue weighted by Crippen LogP contribution is -2.60. The number of primary amides is 1. The molecule has 12 heteroatoms. The molecule has 1 aromatic carbocycles. The number of likely N-dealkylation sites (N-methyl/N-ethyl adjacent to an activating group) is 1. The summed E-state index contributed by atoms with van der Waals surface area (Å²) >= 11 is 0. The summed E-state index contributed by atoms with van der Waals surface area (Å²) < 4.78 is 47.6. The van der Waals surface area contributed by atoms with Crippen LogP contribution in [0.4, 0.5) is 18.9 Å². The molecule has 7 N–H and O–H groups in total. The number of nitrogens with zero attached hydrogens (tertiary/aromatic N) is 1. The largest absolute Gasteiger partial charge is 0.510 e. The molecule has 4 atom stereocenters. The molecular formula is C24H24F3N3O6. The van der Waals surface area contributed by atoms with Crippen LogP contribution in [0.3, 0.4) is 0 Å². The Labute approximate surface area is 203 Å². The van der Waals surface area contributed by atoms with Crippen molar-refractivity contribution in [2.45, 2.75) is 30.7 Å². The van der Waals surface area contributed by atoms with E-state index in [1.165, 1.54) is 6.08 Å². The number of aliphatic hydroxyl groups is 2. The minimum Gasteiger partial charge on any atom is -0.510 e. The number of aliphatic hydroxyl groups excluding tert-OH is 2. The fourth-order valence-corrected chi connectivity index (χ4v) is 6.43. The van der Waals surface area contributed by atoms with Gasteiger partial charge in [-0.1, -0.05) is 6.08 Å². The van der Waals surface area contributed by atoms with Gasteiger partial charge in [0.25, 0.3) is 5.91 Å². The number of ketones is 1. The van der Waals surface area contributed by atoms with E-state index in [-0.39, 0.29) is 41.9 Å². The van der Waals surface area contributed by atoms with Crippen LogP contribution in [0, 0.1) is 11.8 Å². The molecule has 3 aliphatic carbocycles. The quantitative estimate of drug-likeness (QED) is 0.301. The molecule has 0 radical (unpaired) electrons. The summed E-state index contributed by atoms with van der Waals surface area (Å²) in [7, 11) is 3.24. The molecule has 36 heavy (non-hydrogen) atoms. The fraction of sp³-hybridized carbons (Fsp3) is 0.417. The summed E-state index contributed by atoms with van der Waals surface area (Å²) in [6.07, 6.45) is -3.65. The predicted octanol–water partition coefficient (Wildman–Crippen LogP) is 2.12. The molecule has 4 aliphatic rings. The normalized spacial score (nSPS) is 29.6. The summed E-state index contributed by atoms with van der Waals surface area (Å²) in [6, 6.07) is -0.303. The maximum absolute atomic E-state index is 13.9. The van der Waals surface area contributed by atoms with Crippen molar-refractivity contribution in [2.75, 3.05) is 26.4 Å². The van der Waals surface area contributed by atoms with E-state index in [0.717, 1.165) is 0 Å². The first-order valence-electron chi connectivity index (χ1n) is 11.2. The highest BCUT2D eigenvalue weighted by Gasteiger charge is 2.64. The highest BCUT2D eigenvalue weighted by molar-refractivity contribution is 6.14. The number of phenols is 1. The zero-order chi connectivity index (χ0) is 26.5. The van der Waals surface area contributed by atoms with Gasteiger partial charge in [0, 0.05) is 17.1 Å². The smallest absolute Gasteiger partial charge is 0.416 e. The van der Waals surface area contributed by atoms with Crippen molar-refractivity contribution in [3.8, 4) is 5.75 Å². The first-order valence-corrected chi connectivity index (χ1v) is 11.2. The molecule has 1 spiro atoms. The number of ether oxygens (including phenoxy) is 1. The number of amides is 1. The van der Waals surface area contributed by atoms with E-state index in [2.05, 4.69) is 0 Å². The van der Waals surface area contributed by atoms with Crippen LogP contribution in [0.15, 0.2) is 40.4 Å². The SMILES string of the molecule is CN(C)[C@@H]1C(O)=C(C(N)=O)C2=CCO[C@@]23C(O)=C2C(=O)c4c(O)c(N)cc(C(F)(F)F)c4C[C@H]2C[C@@H]13. The number of phenolic OH excluding ortho intramolecular Hbond substituents is 1. The van der Waals surface area contributed by atoms with Gasteiger partial charge in [-0.15, -0.1) is 0 Å². The van der Waals surface area contributed by atoms with Crippen LogP contribution in [0.25, 0.3) is 0 Å². The molecule has 1 amide bonds. The minimum absolute atomic E-state index is 0.0310. The molecule has 0 saturated carbocycles. The number of Topliss-reactive ketones (excluding diaryl/α,β-unsaturated/α-hetero) is 1. The van der Waals surface area contributed by atoms with Gasteiger partial charge in [0.15, 0.2) is 11.4 Å². The Balaban J connectivity index is 1.79. The number of carbonyl (C=O) groups excluding carboxylic acids is 2. The number of anilines is 1. The number of carbonyl (C=O) groups is 2. The van der Waals surface area contributed by atoms with Crippen LogP contribution < -0.4 is 11.5 Å². The first kappa shape index (κ1) is 24.2. The zero-order valence-electron chi connectivity index (χ0n) is 19.3. The van der Waals surface area contributed by atoms with Crippen LogP contribution in [-0.4, -0.2) is 64.3 Å². The van der Waals surface area contributed by atoms with E-state index in [0.29, 0.717) is 6.07 Å². The van der Waals surface area contributed by atoms with Crippen molar-refractivity contribution in [1.82, 2.24) is 4.90 Å². The number of hydrogen-bond acceptors (Lipinski definition) is 8. The standard InChI is InChI=1S/C24H24F3N3O6/c1-30(2)17-12-6-8-5-9-11(24(25,26)27)7-13(28)18(31)15(9)19(32)14(8)21(34)23(12)10(3-4-36-23)16(20(17)33)22(29)35/h3,7-8,12,17,31,33-34H,4-6,28H2,1-2H3,(H2,29,35)/t8-,12-,17-,23-/m0/s1. The molecule has 0 aromatic heterocycles. The third-order valence-corrected chi connectivity index (χ3v) is 7.73. The molecular weight excluding hydrogens is 483 g/mol. The molecule has 1 aromatic rings. The van der Waals surface area contributed by atoms with Gasteiger partial charge in [0.1, 0.15) is 17.3 Å². The maximum Gasteiger partial charge on any atom is 0.416 e. The minimum atomic E-state index is -4.84. The second-order valence-electron chi connectivity index (χ2n) is 9.75. The average Bonchev–Trinajstić information content (AvgIpc) is 3.19. The Kier molecular flexibility index (Phi) is 5.04. The lowest BCUT2D eigenvalue weighted by atomic mass is 9.57. The second kappa shape index (κ2) is 7.50. The number of allylic oxidation sites excluding steroid dienone is 1. The summed E-state index contributed by atoms with van der Waals surface area (Å²) in [5.74, 6) is -5.34. The molecule has 0 saturated heterocycles. The molecule has 0 bridgehead atoms. The average molecular weight is 507 g/mol. The summed E-state index contributed by atoms with van der Waals surface area (Å²) in [6.45, 7) is -0.0702. The maximum atomic E-state index is 13.9. The Morgan fingerprint density at radius 1 is 1.25 bits per heavy atom. The first-order chi connectivity index (χ1) is 16.7. The predicted molar refractivity (Wildman–Crippen MR) is 120 cm³/mol. The van der Waals surface area contributed by atoms with Gasteiger partial charge in [0.05, 0.1) is 35.0 Å². The van der Waals surface area contributed by atoms with E-state index in [1.807, 2.05) is 0 Å². The molecule has 9 nitrogen and oxygen atoms in total. The number of hydrogen-bond donors (Lipinski definition) is 5. The van der Waals surface area contributed by atoms with Crippen molar-refractivity contribution in [2.24, 2.45) is 17.6 Å². The number of aromatic hydroxyl groups is 1. The van der Waals surface area contributed by atoms with Gasteiger partial charge in [-0.25, -0.2) is 0 Å². The van der Waals surface area contributed by atoms with Gasteiger partial charge < -0.3 is 31.5 Å². The van der Waals surface area contributed by atoms with Crippen molar-refractivity contribution in [3.63, 3.8) is 0 Å². The van der Waals surface area contributed by atoms with Gasteiger partial charge in [0.2, 0.25) is 0 Å². The van der Waals surface area contributed by atoms with Crippen LogP contribution in [0.5, 0.6) is 5.75 Å². The summed E-state index contributed by atoms with van der Waals surface area (Å²) in [5.41, 5.74) is 6.30. The number of halogens is 3.